The van der Waals surface area contributed by atoms with Crippen molar-refractivity contribution < 1.29 is 22.9 Å². The zero-order valence-corrected chi connectivity index (χ0v) is 31.8. The first-order chi connectivity index (χ1) is 26.1. The Labute approximate surface area is 315 Å². The van der Waals surface area contributed by atoms with Crippen molar-refractivity contribution in [2.75, 3.05) is 25.6 Å². The molecule has 5 atom stereocenters. The molecule has 1 aliphatic rings. The summed E-state index contributed by atoms with van der Waals surface area (Å²) < 4.78 is 44.4. The molecule has 15 heteroatoms. The van der Waals surface area contributed by atoms with Gasteiger partial charge in [0.25, 0.3) is 14.1 Å². The van der Waals surface area contributed by atoms with Crippen LogP contribution in [0.3, 0.4) is 0 Å². The van der Waals surface area contributed by atoms with Gasteiger partial charge in [-0.25, -0.2) is 14.0 Å². The third-order valence-electron chi connectivity index (χ3n) is 9.32. The van der Waals surface area contributed by atoms with Gasteiger partial charge < -0.3 is 29.6 Å². The van der Waals surface area contributed by atoms with Gasteiger partial charge in [0.15, 0.2) is 23.6 Å². The molecule has 0 radical (unpaired) electrons. The number of aromatic nitrogens is 4. The number of rotatable bonds is 16. The van der Waals surface area contributed by atoms with E-state index in [1.165, 1.54) is 10.9 Å². The molecule has 54 heavy (non-hydrogen) atoms. The Morgan fingerprint density at radius 2 is 1.65 bits per heavy atom. The van der Waals surface area contributed by atoms with Crippen LogP contribution in [0.1, 0.15) is 57.0 Å². The Morgan fingerprint density at radius 3 is 2.20 bits per heavy atom. The van der Waals surface area contributed by atoms with E-state index in [1.807, 2.05) is 117 Å². The average molecular weight is 757 g/mol. The molecule has 1 unspecified atom stereocenters. The summed E-state index contributed by atoms with van der Waals surface area (Å²) in [6.45, 7) is 8.08. The molecule has 284 valence electrons. The van der Waals surface area contributed by atoms with Crippen LogP contribution in [-0.4, -0.2) is 74.9 Å². The maximum atomic E-state index is 16.8. The molecule has 2 aromatic heterocycles. The molecule has 1 fully saturated rings. The summed E-state index contributed by atoms with van der Waals surface area (Å²) in [5.74, 6) is 0.803. The first kappa shape index (κ1) is 39.0. The van der Waals surface area contributed by atoms with Gasteiger partial charge in [0.1, 0.15) is 23.5 Å². The number of hydrogen-bond acceptors (Lipinski definition) is 11. The number of nitriles is 1. The summed E-state index contributed by atoms with van der Waals surface area (Å²) in [6.07, 6.45) is -3.49. The van der Waals surface area contributed by atoms with E-state index in [0.29, 0.717) is 5.75 Å². The van der Waals surface area contributed by atoms with Crippen molar-refractivity contribution in [3.8, 4) is 11.8 Å². The van der Waals surface area contributed by atoms with Crippen LogP contribution in [0.5, 0.6) is 5.75 Å². The second-order valence-corrected chi connectivity index (χ2v) is 14.8. The van der Waals surface area contributed by atoms with Crippen LogP contribution in [0.15, 0.2) is 96.1 Å². The number of nitrogens with zero attached hydrogens (tertiary/aromatic N) is 5. The van der Waals surface area contributed by atoms with Crippen molar-refractivity contribution in [2.24, 2.45) is 5.73 Å². The number of nitrogens with one attached hydrogen (secondary N) is 2. The third-order valence-corrected chi connectivity index (χ3v) is 11.5. The molecule has 0 amide bonds. The lowest BCUT2D eigenvalue weighted by Gasteiger charge is -2.37. The fourth-order valence-corrected chi connectivity index (χ4v) is 8.68. The standard InChI is InChI=1S/C39H46FN8O5P/c1-25(2)48(26(3)4)54(51-22-12-21-41)53-34-31(23-42)52-37(32(34)40)47-24-43-33-35(47)44-38(45-36(33)49)46-39(27-13-8-6-9-14-27,28-15-10-7-11-16-28)29-17-19-30(50-5)20-18-29/h6-11,13-20,24-26,31-32,34,37H,12,22-23,42H2,1-5H3,(H2,44,45,46,49)/t31-,32-,34-,37-,54?/m1/s1. The van der Waals surface area contributed by atoms with Gasteiger partial charge in [0.2, 0.25) is 5.95 Å². The van der Waals surface area contributed by atoms with E-state index in [2.05, 4.69) is 21.4 Å². The predicted octanol–water partition coefficient (Wildman–Crippen LogP) is 6.39. The van der Waals surface area contributed by atoms with E-state index in [-0.39, 0.29) is 48.8 Å². The van der Waals surface area contributed by atoms with E-state index in [4.69, 9.17) is 34.5 Å². The van der Waals surface area contributed by atoms with Gasteiger partial charge >= 0.3 is 0 Å². The molecule has 13 nitrogen and oxygen atoms in total. The minimum absolute atomic E-state index is 0.00180. The number of ether oxygens (including phenoxy) is 2. The summed E-state index contributed by atoms with van der Waals surface area (Å²) in [5, 5.41) is 12.7. The molecular formula is C39H46FN8O5P. The Kier molecular flexibility index (Phi) is 12.4. The number of aromatic amines is 1. The zero-order chi connectivity index (χ0) is 38.4. The topological polar surface area (TPSA) is 166 Å². The number of hydrogen-bond donors (Lipinski definition) is 3. The minimum Gasteiger partial charge on any atom is -0.497 e. The quantitative estimate of drug-likeness (QED) is 0.0581. The molecule has 0 saturated carbocycles. The van der Waals surface area contributed by atoms with Crippen LogP contribution in [0, 0.1) is 11.3 Å². The molecule has 0 spiro atoms. The number of methoxy groups -OCH3 is 1. The van der Waals surface area contributed by atoms with Crippen molar-refractivity contribution >= 4 is 25.6 Å². The molecule has 1 aliphatic heterocycles. The Hall–Kier alpha value is -4.74. The third kappa shape index (κ3) is 7.75. The van der Waals surface area contributed by atoms with Crippen molar-refractivity contribution in [1.82, 2.24) is 24.2 Å². The maximum absolute atomic E-state index is 16.8. The van der Waals surface area contributed by atoms with Gasteiger partial charge in [0, 0.05) is 18.6 Å². The summed E-state index contributed by atoms with van der Waals surface area (Å²) >= 11 is 0. The summed E-state index contributed by atoms with van der Waals surface area (Å²) in [4.78, 5) is 25.8. The molecule has 5 aromatic rings. The number of benzene rings is 3. The van der Waals surface area contributed by atoms with Crippen molar-refractivity contribution in [3.05, 3.63) is 118 Å². The number of imidazole rings is 1. The molecule has 0 aliphatic carbocycles. The Balaban J connectivity index is 1.41. The van der Waals surface area contributed by atoms with Gasteiger partial charge in [-0.3, -0.25) is 14.3 Å². The predicted molar refractivity (Wildman–Crippen MR) is 205 cm³/mol. The number of alkyl halides is 1. The second-order valence-electron chi connectivity index (χ2n) is 13.4. The molecule has 3 aromatic carbocycles. The fraction of sp³-hybridized carbons (Fsp3) is 0.385. The van der Waals surface area contributed by atoms with Gasteiger partial charge in [-0.1, -0.05) is 72.8 Å². The van der Waals surface area contributed by atoms with Crippen LogP contribution in [0.25, 0.3) is 11.2 Å². The van der Waals surface area contributed by atoms with Gasteiger partial charge in [-0.05, 0) is 56.5 Å². The SMILES string of the molecule is COc1ccc(C(Nc2nc3c(ncn3[C@@H]3O[C@H](CN)[C@@H](OP(OCCC#N)N(C(C)C)C(C)C)[C@H]3F)c(=O)[nH]2)(c2ccccc2)c2ccccc2)cc1. The highest BCUT2D eigenvalue weighted by atomic mass is 31.2. The number of fused-ring (bicyclic) bond motifs is 1. The van der Waals surface area contributed by atoms with Crippen LogP contribution in [0.4, 0.5) is 10.3 Å². The lowest BCUT2D eigenvalue weighted by atomic mass is 9.77. The number of H-pyrrole nitrogens is 1. The zero-order valence-electron chi connectivity index (χ0n) is 30.9. The van der Waals surface area contributed by atoms with E-state index >= 15 is 4.39 Å². The summed E-state index contributed by atoms with van der Waals surface area (Å²) in [5.41, 5.74) is 7.25. The monoisotopic (exact) mass is 756 g/mol. The lowest BCUT2D eigenvalue weighted by Crippen LogP contribution is -2.39. The smallest absolute Gasteiger partial charge is 0.280 e. The number of nitrogens with two attached hydrogens (primary N) is 1. The molecule has 3 heterocycles. The number of anilines is 1. The van der Waals surface area contributed by atoms with Crippen molar-refractivity contribution in [3.63, 3.8) is 0 Å². The minimum atomic E-state index is -1.80. The lowest BCUT2D eigenvalue weighted by molar-refractivity contribution is -0.0174. The van der Waals surface area contributed by atoms with Crippen LogP contribution in [-0.2, 0) is 19.3 Å². The average Bonchev–Trinajstić information content (AvgIpc) is 3.74. The first-order valence-corrected chi connectivity index (χ1v) is 19.0. The second kappa shape index (κ2) is 17.2. The van der Waals surface area contributed by atoms with Crippen molar-refractivity contribution in [2.45, 2.75) is 76.3 Å². The largest absolute Gasteiger partial charge is 0.497 e. The summed E-state index contributed by atoms with van der Waals surface area (Å²) in [7, 11) is -0.189. The highest BCUT2D eigenvalue weighted by Crippen LogP contribution is 2.50. The van der Waals surface area contributed by atoms with E-state index < -0.39 is 44.2 Å². The highest BCUT2D eigenvalue weighted by Gasteiger charge is 2.49. The molecular weight excluding hydrogens is 710 g/mol. The highest BCUT2D eigenvalue weighted by molar-refractivity contribution is 7.44. The van der Waals surface area contributed by atoms with Gasteiger partial charge in [-0.15, -0.1) is 0 Å². The van der Waals surface area contributed by atoms with Gasteiger partial charge in [0.05, 0.1) is 32.5 Å². The normalized spacial score (nSPS) is 19.4. The van der Waals surface area contributed by atoms with Crippen molar-refractivity contribution in [1.29, 1.82) is 5.26 Å². The van der Waals surface area contributed by atoms with Crippen LogP contribution in [0.2, 0.25) is 0 Å². The summed E-state index contributed by atoms with van der Waals surface area (Å²) in [6, 6.07) is 29.4. The number of halogens is 1. The van der Waals surface area contributed by atoms with Gasteiger partial charge in [-0.2, -0.15) is 10.2 Å². The van der Waals surface area contributed by atoms with Crippen LogP contribution < -0.4 is 21.3 Å². The molecule has 6 rings (SSSR count). The Bertz CT molecular complexity index is 2030. The fourth-order valence-electron chi connectivity index (χ4n) is 6.91. The molecule has 0 bridgehead atoms. The first-order valence-electron chi connectivity index (χ1n) is 17.9. The van der Waals surface area contributed by atoms with E-state index in [9.17, 15) is 4.79 Å². The van der Waals surface area contributed by atoms with Crippen LogP contribution >= 0.6 is 8.53 Å². The Morgan fingerprint density at radius 1 is 1.04 bits per heavy atom. The molecule has 1 saturated heterocycles. The van der Waals surface area contributed by atoms with E-state index in [0.717, 1.165) is 16.7 Å². The maximum Gasteiger partial charge on any atom is 0.280 e. The molecule has 4 N–H and O–H groups in total. The van der Waals surface area contributed by atoms with E-state index in [1.54, 1.807) is 7.11 Å².